The van der Waals surface area contributed by atoms with Gasteiger partial charge in [-0.15, -0.1) is 0 Å². The van der Waals surface area contributed by atoms with Crippen molar-refractivity contribution >= 4 is 0 Å². The molecule has 0 spiro atoms. The Hall–Kier alpha value is -0.930. The van der Waals surface area contributed by atoms with Crippen LogP contribution in [0.3, 0.4) is 0 Å². The molecule has 0 bridgehead atoms. The van der Waals surface area contributed by atoms with Crippen molar-refractivity contribution in [2.24, 2.45) is 5.73 Å². The van der Waals surface area contributed by atoms with E-state index >= 15 is 0 Å². The van der Waals surface area contributed by atoms with Crippen LogP contribution in [0.25, 0.3) is 0 Å². The van der Waals surface area contributed by atoms with Crippen molar-refractivity contribution < 1.29 is 4.39 Å². The number of hydrogen-bond donors (Lipinski definition) is 1. The smallest absolute Gasteiger partial charge is 0.123 e. The van der Waals surface area contributed by atoms with E-state index in [9.17, 15) is 4.39 Å². The lowest BCUT2D eigenvalue weighted by Crippen LogP contribution is -2.35. The third kappa shape index (κ3) is 2.03. The first-order chi connectivity index (χ1) is 7.22. The number of nitrogens with zero attached hydrogens (tertiary/aromatic N) is 1. The second-order valence-corrected chi connectivity index (χ2v) is 4.23. The Bertz CT molecular complexity index is 340. The van der Waals surface area contributed by atoms with Gasteiger partial charge in [0.2, 0.25) is 0 Å². The summed E-state index contributed by atoms with van der Waals surface area (Å²) < 4.78 is 13.1. The summed E-state index contributed by atoms with van der Waals surface area (Å²) in [5.41, 5.74) is 6.83. The van der Waals surface area contributed by atoms with Crippen molar-refractivity contribution in [2.45, 2.75) is 18.4 Å². The van der Waals surface area contributed by atoms with Crippen LogP contribution in [-0.2, 0) is 0 Å². The van der Waals surface area contributed by atoms with Gasteiger partial charge in [0, 0.05) is 18.5 Å². The van der Waals surface area contributed by atoms with Gasteiger partial charge in [0.1, 0.15) is 5.82 Å². The van der Waals surface area contributed by atoms with Gasteiger partial charge < -0.3 is 10.6 Å². The molecule has 2 N–H and O–H groups in total. The molecule has 1 aliphatic rings. The third-order valence-electron chi connectivity index (χ3n) is 3.34. The van der Waals surface area contributed by atoms with Crippen LogP contribution in [0.15, 0.2) is 24.3 Å². The lowest BCUT2D eigenvalue weighted by molar-refractivity contribution is 0.303. The number of rotatable bonds is 2. The Kier molecular flexibility index (Phi) is 3.03. The maximum absolute atomic E-state index is 13.1. The highest BCUT2D eigenvalue weighted by Crippen LogP contribution is 2.32. The molecule has 0 amide bonds. The fourth-order valence-corrected chi connectivity index (χ4v) is 2.48. The van der Waals surface area contributed by atoms with E-state index < -0.39 is 0 Å². The van der Waals surface area contributed by atoms with Crippen LogP contribution in [0.5, 0.6) is 0 Å². The number of nitrogens with two attached hydrogens (primary N) is 1. The molecule has 1 fully saturated rings. The van der Waals surface area contributed by atoms with Crippen LogP contribution in [0, 0.1) is 5.82 Å². The average Bonchev–Trinajstić information content (AvgIpc) is 2.59. The van der Waals surface area contributed by atoms with Crippen LogP contribution in [0.2, 0.25) is 0 Å². The largest absolute Gasteiger partial charge is 0.329 e. The third-order valence-corrected chi connectivity index (χ3v) is 3.34. The standard InChI is InChI=1S/C12H17FN2/c1-15-6-5-11(12(15)8-14)9-3-2-4-10(13)7-9/h2-4,7,11-12H,5-6,8,14H2,1H3. The average molecular weight is 208 g/mol. The Labute approximate surface area is 89.9 Å². The number of hydrogen-bond acceptors (Lipinski definition) is 2. The van der Waals surface area contributed by atoms with E-state index in [1.54, 1.807) is 12.1 Å². The van der Waals surface area contributed by atoms with Gasteiger partial charge in [-0.25, -0.2) is 4.39 Å². The summed E-state index contributed by atoms with van der Waals surface area (Å²) in [6.45, 7) is 1.68. The van der Waals surface area contributed by atoms with Crippen molar-refractivity contribution in [1.82, 2.24) is 4.90 Å². The molecular formula is C12H17FN2. The topological polar surface area (TPSA) is 29.3 Å². The van der Waals surface area contributed by atoms with Crippen LogP contribution in [0.4, 0.5) is 4.39 Å². The van der Waals surface area contributed by atoms with Gasteiger partial charge in [-0.2, -0.15) is 0 Å². The van der Waals surface area contributed by atoms with E-state index in [2.05, 4.69) is 11.9 Å². The second kappa shape index (κ2) is 4.29. The number of halogens is 1. The predicted octanol–water partition coefficient (Wildman–Crippen LogP) is 1.57. The minimum Gasteiger partial charge on any atom is -0.329 e. The molecular weight excluding hydrogens is 191 g/mol. The van der Waals surface area contributed by atoms with Gasteiger partial charge in [-0.1, -0.05) is 12.1 Å². The van der Waals surface area contributed by atoms with Crippen LogP contribution >= 0.6 is 0 Å². The zero-order chi connectivity index (χ0) is 10.8. The minimum atomic E-state index is -0.155. The Balaban J connectivity index is 2.23. The number of benzene rings is 1. The molecule has 0 saturated carbocycles. The molecule has 1 aromatic carbocycles. The van der Waals surface area contributed by atoms with Gasteiger partial charge in [-0.3, -0.25) is 0 Å². The van der Waals surface area contributed by atoms with Crippen molar-refractivity contribution in [2.75, 3.05) is 20.1 Å². The molecule has 0 aliphatic carbocycles. The molecule has 1 aliphatic heterocycles. The molecule has 2 unspecified atom stereocenters. The molecule has 1 saturated heterocycles. The van der Waals surface area contributed by atoms with E-state index in [4.69, 9.17) is 5.73 Å². The monoisotopic (exact) mass is 208 g/mol. The lowest BCUT2D eigenvalue weighted by atomic mass is 9.92. The quantitative estimate of drug-likeness (QED) is 0.799. The fourth-order valence-electron chi connectivity index (χ4n) is 2.48. The van der Waals surface area contributed by atoms with Crippen molar-refractivity contribution in [3.8, 4) is 0 Å². The molecule has 2 rings (SSSR count). The van der Waals surface area contributed by atoms with E-state index in [-0.39, 0.29) is 5.82 Å². The zero-order valence-corrected chi connectivity index (χ0v) is 8.99. The van der Waals surface area contributed by atoms with Gasteiger partial charge >= 0.3 is 0 Å². The molecule has 3 heteroatoms. The summed E-state index contributed by atoms with van der Waals surface area (Å²) in [4.78, 5) is 2.26. The summed E-state index contributed by atoms with van der Waals surface area (Å²) >= 11 is 0. The fraction of sp³-hybridized carbons (Fsp3) is 0.500. The van der Waals surface area contributed by atoms with Crippen LogP contribution in [-0.4, -0.2) is 31.1 Å². The van der Waals surface area contributed by atoms with E-state index in [0.29, 0.717) is 18.5 Å². The van der Waals surface area contributed by atoms with E-state index in [0.717, 1.165) is 18.5 Å². The Morgan fingerprint density at radius 1 is 1.53 bits per heavy atom. The number of likely N-dealkylation sites (tertiary alicyclic amines) is 1. The van der Waals surface area contributed by atoms with Crippen molar-refractivity contribution in [3.63, 3.8) is 0 Å². The van der Waals surface area contributed by atoms with Crippen LogP contribution in [0.1, 0.15) is 17.9 Å². The van der Waals surface area contributed by atoms with E-state index in [1.165, 1.54) is 6.07 Å². The van der Waals surface area contributed by atoms with Crippen LogP contribution < -0.4 is 5.73 Å². The first-order valence-corrected chi connectivity index (χ1v) is 5.38. The molecule has 1 aromatic rings. The minimum absolute atomic E-state index is 0.155. The summed E-state index contributed by atoms with van der Waals surface area (Å²) in [7, 11) is 2.08. The zero-order valence-electron chi connectivity index (χ0n) is 8.99. The lowest BCUT2D eigenvalue weighted by Gasteiger charge is -2.23. The highest BCUT2D eigenvalue weighted by atomic mass is 19.1. The summed E-state index contributed by atoms with van der Waals surface area (Å²) in [6.07, 6.45) is 1.07. The van der Waals surface area contributed by atoms with Gasteiger partial charge in [0.25, 0.3) is 0 Å². The maximum atomic E-state index is 13.1. The van der Waals surface area contributed by atoms with Gasteiger partial charge in [-0.05, 0) is 37.7 Å². The normalized spacial score (nSPS) is 27.1. The number of likely N-dealkylation sites (N-methyl/N-ethyl adjacent to an activating group) is 1. The molecule has 1 heterocycles. The van der Waals surface area contributed by atoms with Crippen molar-refractivity contribution in [3.05, 3.63) is 35.6 Å². The molecule has 15 heavy (non-hydrogen) atoms. The van der Waals surface area contributed by atoms with Crippen molar-refractivity contribution in [1.29, 1.82) is 0 Å². The molecule has 0 radical (unpaired) electrons. The Morgan fingerprint density at radius 3 is 3.00 bits per heavy atom. The highest BCUT2D eigenvalue weighted by molar-refractivity contribution is 5.24. The Morgan fingerprint density at radius 2 is 2.33 bits per heavy atom. The summed E-state index contributed by atoms with van der Waals surface area (Å²) in [6, 6.07) is 7.24. The molecule has 2 nitrogen and oxygen atoms in total. The van der Waals surface area contributed by atoms with Gasteiger partial charge in [0.05, 0.1) is 0 Å². The molecule has 82 valence electrons. The second-order valence-electron chi connectivity index (χ2n) is 4.23. The molecule has 2 atom stereocenters. The summed E-state index contributed by atoms with van der Waals surface area (Å²) in [5.74, 6) is 0.230. The molecule has 0 aromatic heterocycles. The first kappa shape index (κ1) is 10.6. The van der Waals surface area contributed by atoms with E-state index in [1.807, 2.05) is 6.07 Å². The van der Waals surface area contributed by atoms with Gasteiger partial charge in [0.15, 0.2) is 0 Å². The predicted molar refractivity (Wildman–Crippen MR) is 59.2 cm³/mol. The maximum Gasteiger partial charge on any atom is 0.123 e. The first-order valence-electron chi connectivity index (χ1n) is 5.38. The SMILES string of the molecule is CN1CCC(c2cccc(F)c2)C1CN. The summed E-state index contributed by atoms with van der Waals surface area (Å²) in [5, 5.41) is 0. The highest BCUT2D eigenvalue weighted by Gasteiger charge is 2.31.